The van der Waals surface area contributed by atoms with Crippen molar-refractivity contribution in [3.05, 3.63) is 48.5 Å². The zero-order valence-electron chi connectivity index (χ0n) is 17.0. The van der Waals surface area contributed by atoms with Gasteiger partial charge in [0.25, 0.3) is 5.91 Å². The van der Waals surface area contributed by atoms with Gasteiger partial charge in [0.15, 0.2) is 11.5 Å². The van der Waals surface area contributed by atoms with Crippen LogP contribution >= 0.6 is 0 Å². The van der Waals surface area contributed by atoms with Crippen LogP contribution in [0.5, 0.6) is 17.2 Å². The van der Waals surface area contributed by atoms with Crippen LogP contribution in [0.4, 0.5) is 10.5 Å². The van der Waals surface area contributed by atoms with Crippen LogP contribution in [0.1, 0.15) is 12.8 Å². The minimum atomic E-state index is -0.749. The number of nitrogens with zero attached hydrogens (tertiary/aromatic N) is 1. The van der Waals surface area contributed by atoms with Crippen molar-refractivity contribution < 1.29 is 28.6 Å². The average Bonchev–Trinajstić information content (AvgIpc) is 3.09. The largest absolute Gasteiger partial charge is 0.497 e. The van der Waals surface area contributed by atoms with E-state index in [9.17, 15) is 14.4 Å². The van der Waals surface area contributed by atoms with Gasteiger partial charge in [0, 0.05) is 6.42 Å². The number of anilines is 1. The van der Waals surface area contributed by atoms with Gasteiger partial charge in [0.2, 0.25) is 5.91 Å². The highest BCUT2D eigenvalue weighted by Gasteiger charge is 2.39. The van der Waals surface area contributed by atoms with E-state index in [1.807, 2.05) is 24.3 Å². The quantitative estimate of drug-likeness (QED) is 0.656. The van der Waals surface area contributed by atoms with Gasteiger partial charge in [-0.15, -0.1) is 0 Å². The molecule has 31 heavy (non-hydrogen) atoms. The maximum atomic E-state index is 12.6. The molecular formula is C22H23N3O6. The molecule has 2 aliphatic heterocycles. The predicted molar refractivity (Wildman–Crippen MR) is 111 cm³/mol. The predicted octanol–water partition coefficient (Wildman–Crippen LogP) is 1.86. The smallest absolute Gasteiger partial charge is 0.329 e. The van der Waals surface area contributed by atoms with Gasteiger partial charge in [-0.05, 0) is 42.8 Å². The first kappa shape index (κ1) is 20.5. The van der Waals surface area contributed by atoms with E-state index in [2.05, 4.69) is 10.6 Å². The number of ether oxygens (including phenoxy) is 3. The Morgan fingerprint density at radius 3 is 2.65 bits per heavy atom. The molecule has 9 nitrogen and oxygen atoms in total. The maximum absolute atomic E-state index is 12.6. The van der Waals surface area contributed by atoms with Crippen molar-refractivity contribution in [2.45, 2.75) is 25.0 Å². The van der Waals surface area contributed by atoms with Crippen molar-refractivity contribution in [1.82, 2.24) is 10.6 Å². The summed E-state index contributed by atoms with van der Waals surface area (Å²) in [6.45, 7) is 0.626. The third kappa shape index (κ3) is 4.55. The fourth-order valence-electron chi connectivity index (χ4n) is 3.46. The molecule has 0 unspecified atom stereocenters. The number of hydrogen-bond acceptors (Lipinski definition) is 6. The first-order valence-electron chi connectivity index (χ1n) is 9.99. The molecule has 0 saturated carbocycles. The monoisotopic (exact) mass is 425 g/mol. The molecule has 2 heterocycles. The summed E-state index contributed by atoms with van der Waals surface area (Å²) < 4.78 is 16.5. The Kier molecular flexibility index (Phi) is 5.92. The lowest BCUT2D eigenvalue weighted by atomic mass is 10.1. The van der Waals surface area contributed by atoms with Gasteiger partial charge in [-0.25, -0.2) is 9.69 Å². The van der Waals surface area contributed by atoms with Gasteiger partial charge >= 0.3 is 6.03 Å². The maximum Gasteiger partial charge on any atom is 0.329 e. The number of rotatable bonds is 7. The Balaban J connectivity index is 1.25. The summed E-state index contributed by atoms with van der Waals surface area (Å²) in [7, 11) is 1.54. The number of urea groups is 1. The van der Waals surface area contributed by atoms with Gasteiger partial charge < -0.3 is 24.8 Å². The van der Waals surface area contributed by atoms with Gasteiger partial charge in [-0.3, -0.25) is 9.59 Å². The fourth-order valence-corrected chi connectivity index (χ4v) is 3.46. The lowest BCUT2D eigenvalue weighted by Gasteiger charge is -2.26. The van der Waals surface area contributed by atoms with Crippen LogP contribution in [0, 0.1) is 0 Å². The normalized spacial score (nSPS) is 19.7. The number of fused-ring (bicyclic) bond motifs is 1. The topological polar surface area (TPSA) is 106 Å². The lowest BCUT2D eigenvalue weighted by molar-refractivity contribution is -0.122. The van der Waals surface area contributed by atoms with Gasteiger partial charge in [0.05, 0.1) is 19.3 Å². The standard InChI is InChI=1S/C22H23N3O6/c1-29-15-8-6-14(7-9-15)25-21(27)17(24-22(25)28)10-11-20(26)23-12-16-13-30-18-4-2-3-5-19(18)31-16/h2-9,16-17H,10-13H2,1H3,(H,23,26)(H,24,28)/t16-,17-/m0/s1. The van der Waals surface area contributed by atoms with Crippen molar-refractivity contribution in [3.63, 3.8) is 0 Å². The highest BCUT2D eigenvalue weighted by atomic mass is 16.6. The van der Waals surface area contributed by atoms with Crippen molar-refractivity contribution in [2.75, 3.05) is 25.2 Å². The molecule has 9 heteroatoms. The van der Waals surface area contributed by atoms with E-state index in [4.69, 9.17) is 14.2 Å². The van der Waals surface area contributed by atoms with Crippen LogP contribution < -0.4 is 29.7 Å². The molecule has 4 rings (SSSR count). The summed E-state index contributed by atoms with van der Waals surface area (Å²) in [4.78, 5) is 38.2. The molecule has 0 aliphatic carbocycles. The summed E-state index contributed by atoms with van der Waals surface area (Å²) in [5.74, 6) is 1.34. The zero-order chi connectivity index (χ0) is 21.8. The Morgan fingerprint density at radius 2 is 1.90 bits per heavy atom. The van der Waals surface area contributed by atoms with E-state index in [1.165, 1.54) is 7.11 Å². The molecule has 4 amide bonds. The molecule has 162 valence electrons. The molecular weight excluding hydrogens is 402 g/mol. The molecule has 0 aromatic heterocycles. The van der Waals surface area contributed by atoms with Crippen molar-refractivity contribution in [3.8, 4) is 17.2 Å². The van der Waals surface area contributed by atoms with E-state index in [-0.39, 0.29) is 37.3 Å². The van der Waals surface area contributed by atoms with Crippen LogP contribution in [0.25, 0.3) is 0 Å². The van der Waals surface area contributed by atoms with E-state index >= 15 is 0 Å². The SMILES string of the molecule is COc1ccc(N2C(=O)N[C@@H](CCC(=O)NC[C@H]3COc4ccccc4O3)C2=O)cc1. The van der Waals surface area contributed by atoms with Gasteiger partial charge in [-0.2, -0.15) is 0 Å². The summed E-state index contributed by atoms with van der Waals surface area (Å²) in [5.41, 5.74) is 0.449. The van der Waals surface area contributed by atoms with E-state index in [0.29, 0.717) is 29.5 Å². The Morgan fingerprint density at radius 1 is 1.16 bits per heavy atom. The Labute approximate surface area is 179 Å². The molecule has 2 N–H and O–H groups in total. The van der Waals surface area contributed by atoms with Crippen LogP contribution in [0.3, 0.4) is 0 Å². The van der Waals surface area contributed by atoms with Gasteiger partial charge in [-0.1, -0.05) is 12.1 Å². The molecule has 2 aromatic carbocycles. The molecule has 1 saturated heterocycles. The second-order valence-corrected chi connectivity index (χ2v) is 7.21. The van der Waals surface area contributed by atoms with Crippen molar-refractivity contribution in [1.29, 1.82) is 0 Å². The van der Waals surface area contributed by atoms with E-state index in [0.717, 1.165) is 4.90 Å². The summed E-state index contributed by atoms with van der Waals surface area (Å²) >= 11 is 0. The molecule has 2 aromatic rings. The number of carbonyl (C=O) groups excluding carboxylic acids is 3. The number of imide groups is 1. The van der Waals surface area contributed by atoms with Crippen LogP contribution in [0.15, 0.2) is 48.5 Å². The molecule has 2 aliphatic rings. The number of methoxy groups -OCH3 is 1. The van der Waals surface area contributed by atoms with E-state index < -0.39 is 12.1 Å². The summed E-state index contributed by atoms with van der Waals surface area (Å²) in [5, 5.41) is 5.43. The number of para-hydroxylation sites is 2. The Bertz CT molecular complexity index is 977. The first-order chi connectivity index (χ1) is 15.0. The average molecular weight is 425 g/mol. The number of amides is 4. The Hall–Kier alpha value is -3.75. The second-order valence-electron chi connectivity index (χ2n) is 7.21. The molecule has 2 atom stereocenters. The summed E-state index contributed by atoms with van der Waals surface area (Å²) in [6, 6.07) is 12.7. The van der Waals surface area contributed by atoms with Gasteiger partial charge in [0.1, 0.15) is 24.5 Å². The number of carbonyl (C=O) groups is 3. The third-order valence-electron chi connectivity index (χ3n) is 5.10. The first-order valence-corrected chi connectivity index (χ1v) is 9.99. The highest BCUT2D eigenvalue weighted by molar-refractivity contribution is 6.21. The lowest BCUT2D eigenvalue weighted by Crippen LogP contribution is -2.41. The van der Waals surface area contributed by atoms with E-state index in [1.54, 1.807) is 24.3 Å². The second kappa shape index (κ2) is 8.95. The van der Waals surface area contributed by atoms with Crippen LogP contribution in [0.2, 0.25) is 0 Å². The number of hydrogen-bond donors (Lipinski definition) is 2. The molecule has 0 bridgehead atoms. The summed E-state index contributed by atoms with van der Waals surface area (Å²) in [6.07, 6.45) is 0.00261. The number of nitrogens with one attached hydrogen (secondary N) is 2. The third-order valence-corrected chi connectivity index (χ3v) is 5.10. The van der Waals surface area contributed by atoms with Crippen molar-refractivity contribution in [2.24, 2.45) is 0 Å². The van der Waals surface area contributed by atoms with Crippen LogP contribution in [-0.2, 0) is 9.59 Å². The molecule has 1 fully saturated rings. The minimum absolute atomic E-state index is 0.0945. The molecule has 0 spiro atoms. The minimum Gasteiger partial charge on any atom is -0.497 e. The number of benzene rings is 2. The van der Waals surface area contributed by atoms with Crippen LogP contribution in [-0.4, -0.2) is 50.3 Å². The van der Waals surface area contributed by atoms with Crippen molar-refractivity contribution >= 4 is 23.5 Å². The highest BCUT2D eigenvalue weighted by Crippen LogP contribution is 2.30. The fraction of sp³-hybridized carbons (Fsp3) is 0.318. The zero-order valence-corrected chi connectivity index (χ0v) is 17.0. The molecule has 0 radical (unpaired) electrons.